The summed E-state index contributed by atoms with van der Waals surface area (Å²) >= 11 is 0. The minimum Gasteiger partial charge on any atom is -0.299 e. The zero-order chi connectivity index (χ0) is 19.2. The number of ketones is 1. The molecule has 0 fully saturated rings. The van der Waals surface area contributed by atoms with E-state index in [1.165, 1.54) is 11.6 Å². The van der Waals surface area contributed by atoms with Crippen LogP contribution in [0.2, 0.25) is 0 Å². The lowest BCUT2D eigenvalue weighted by molar-refractivity contribution is -0.122. The van der Waals surface area contributed by atoms with Crippen molar-refractivity contribution in [2.75, 3.05) is 0 Å². The summed E-state index contributed by atoms with van der Waals surface area (Å²) in [4.78, 5) is 17.2. The van der Waals surface area contributed by atoms with Crippen molar-refractivity contribution in [3.63, 3.8) is 0 Å². The number of rotatable bonds is 8. The molecule has 2 aromatic carbocycles. The molecule has 0 bridgehead atoms. The highest BCUT2D eigenvalue weighted by molar-refractivity contribution is 5.85. The number of para-hydroxylation sites is 1. The van der Waals surface area contributed by atoms with Crippen LogP contribution in [0.15, 0.2) is 60.8 Å². The number of nitrogens with zero attached hydrogens (tertiary/aromatic N) is 1. The minimum atomic E-state index is -0.328. The van der Waals surface area contributed by atoms with Gasteiger partial charge in [0.15, 0.2) is 0 Å². The van der Waals surface area contributed by atoms with E-state index in [0.717, 1.165) is 30.2 Å². The molecule has 0 radical (unpaired) electrons. The first-order valence-corrected chi connectivity index (χ1v) is 9.62. The van der Waals surface area contributed by atoms with Gasteiger partial charge in [-0.3, -0.25) is 9.78 Å². The minimum absolute atomic E-state index is 0.0356. The van der Waals surface area contributed by atoms with E-state index in [1.807, 2.05) is 30.3 Å². The summed E-state index contributed by atoms with van der Waals surface area (Å²) in [7, 11) is 0. The quantitative estimate of drug-likeness (QED) is 0.508. The summed E-state index contributed by atoms with van der Waals surface area (Å²) in [5.41, 5.74) is 2.48. The highest BCUT2D eigenvalue weighted by Gasteiger charge is 2.20. The lowest BCUT2D eigenvalue weighted by Crippen LogP contribution is -2.20. The average Bonchev–Trinajstić information content (AvgIpc) is 2.65. The molecule has 3 heteroatoms. The van der Waals surface area contributed by atoms with Crippen molar-refractivity contribution in [1.29, 1.82) is 0 Å². The van der Waals surface area contributed by atoms with Crippen LogP contribution < -0.4 is 0 Å². The maximum atomic E-state index is 13.8. The van der Waals surface area contributed by atoms with Gasteiger partial charge in [0, 0.05) is 23.9 Å². The number of carbonyl (C=O) groups is 1. The van der Waals surface area contributed by atoms with Crippen LogP contribution in [0.1, 0.15) is 37.8 Å². The SMILES string of the molecule is CC(C)CC(CCc1ccccc1)C(=O)Cc1cnc2c(F)cccc2c1. The van der Waals surface area contributed by atoms with E-state index in [2.05, 4.69) is 31.0 Å². The fourth-order valence-electron chi connectivity index (χ4n) is 3.58. The number of carbonyl (C=O) groups excluding carboxylic acids is 1. The molecule has 27 heavy (non-hydrogen) atoms. The molecule has 140 valence electrons. The van der Waals surface area contributed by atoms with Gasteiger partial charge in [-0.05, 0) is 48.4 Å². The predicted molar refractivity (Wildman–Crippen MR) is 108 cm³/mol. The van der Waals surface area contributed by atoms with Crippen LogP contribution >= 0.6 is 0 Å². The molecule has 2 nitrogen and oxygen atoms in total. The second-order valence-corrected chi connectivity index (χ2v) is 7.65. The Labute approximate surface area is 160 Å². The van der Waals surface area contributed by atoms with Gasteiger partial charge in [-0.1, -0.05) is 56.3 Å². The Balaban J connectivity index is 1.71. The number of halogens is 1. The third-order valence-electron chi connectivity index (χ3n) is 4.93. The van der Waals surface area contributed by atoms with Gasteiger partial charge in [-0.15, -0.1) is 0 Å². The van der Waals surface area contributed by atoms with Crippen LogP contribution in [0, 0.1) is 17.7 Å². The molecular formula is C24H26FNO. The first-order valence-electron chi connectivity index (χ1n) is 9.62. The number of Topliss-reactive ketones (excluding diaryl/α,β-unsaturated/α-hetero) is 1. The zero-order valence-electron chi connectivity index (χ0n) is 16.0. The summed E-state index contributed by atoms with van der Waals surface area (Å²) in [5, 5.41) is 0.741. The molecule has 1 unspecified atom stereocenters. The van der Waals surface area contributed by atoms with E-state index in [-0.39, 0.29) is 17.5 Å². The van der Waals surface area contributed by atoms with E-state index < -0.39 is 0 Å². The van der Waals surface area contributed by atoms with E-state index in [4.69, 9.17) is 0 Å². The van der Waals surface area contributed by atoms with Crippen molar-refractivity contribution in [2.24, 2.45) is 11.8 Å². The fourth-order valence-corrected chi connectivity index (χ4v) is 3.58. The smallest absolute Gasteiger partial charge is 0.149 e. The van der Waals surface area contributed by atoms with Crippen molar-refractivity contribution in [3.05, 3.63) is 77.7 Å². The lowest BCUT2D eigenvalue weighted by atomic mass is 9.86. The van der Waals surface area contributed by atoms with Crippen molar-refractivity contribution >= 4 is 16.7 Å². The summed E-state index contributed by atoms with van der Waals surface area (Å²) in [6.45, 7) is 4.31. The van der Waals surface area contributed by atoms with Crippen LogP contribution in [0.5, 0.6) is 0 Å². The fraction of sp³-hybridized carbons (Fsp3) is 0.333. The number of hydrogen-bond donors (Lipinski definition) is 0. The monoisotopic (exact) mass is 363 g/mol. The van der Waals surface area contributed by atoms with Crippen LogP contribution in [0.4, 0.5) is 4.39 Å². The van der Waals surface area contributed by atoms with Crippen LogP contribution in [0.25, 0.3) is 10.9 Å². The molecule has 0 amide bonds. The van der Waals surface area contributed by atoms with Crippen LogP contribution in [-0.4, -0.2) is 10.8 Å². The van der Waals surface area contributed by atoms with Gasteiger partial charge in [0.25, 0.3) is 0 Å². The molecule has 0 N–H and O–H groups in total. The molecule has 0 aliphatic heterocycles. The Bertz CT molecular complexity index is 905. The van der Waals surface area contributed by atoms with Gasteiger partial charge in [0.05, 0.1) is 0 Å². The van der Waals surface area contributed by atoms with Crippen LogP contribution in [0.3, 0.4) is 0 Å². The number of pyridine rings is 1. The van der Waals surface area contributed by atoms with Crippen molar-refractivity contribution in [3.8, 4) is 0 Å². The van der Waals surface area contributed by atoms with Gasteiger partial charge < -0.3 is 0 Å². The molecule has 0 saturated heterocycles. The maximum Gasteiger partial charge on any atom is 0.149 e. The molecule has 0 spiro atoms. The number of aromatic nitrogens is 1. The number of hydrogen-bond acceptors (Lipinski definition) is 2. The molecular weight excluding hydrogens is 337 g/mol. The topological polar surface area (TPSA) is 30.0 Å². The molecule has 0 aliphatic carbocycles. The Morgan fingerprint density at radius 3 is 2.56 bits per heavy atom. The second kappa shape index (κ2) is 8.90. The van der Waals surface area contributed by atoms with E-state index in [0.29, 0.717) is 17.9 Å². The standard InChI is InChI=1S/C24H26FNO/c1-17(2)13-20(12-11-18-7-4-3-5-8-18)23(27)15-19-14-21-9-6-10-22(25)24(21)26-16-19/h3-10,14,16-17,20H,11-13,15H2,1-2H3. The molecule has 0 saturated carbocycles. The van der Waals surface area contributed by atoms with Gasteiger partial charge in [-0.2, -0.15) is 0 Å². The second-order valence-electron chi connectivity index (χ2n) is 7.65. The molecule has 3 rings (SSSR count). The summed E-state index contributed by atoms with van der Waals surface area (Å²) in [6.07, 6.45) is 4.64. The number of benzene rings is 2. The normalized spacial score (nSPS) is 12.4. The van der Waals surface area contributed by atoms with Crippen molar-refractivity contribution < 1.29 is 9.18 Å². The predicted octanol–water partition coefficient (Wildman–Crippen LogP) is 5.78. The molecule has 3 aromatic rings. The Hall–Kier alpha value is -2.55. The molecule has 1 atom stereocenters. The molecule has 0 aliphatic rings. The van der Waals surface area contributed by atoms with E-state index in [9.17, 15) is 9.18 Å². The summed E-state index contributed by atoms with van der Waals surface area (Å²) in [6, 6.07) is 17.1. The van der Waals surface area contributed by atoms with Crippen molar-refractivity contribution in [1.82, 2.24) is 4.98 Å². The Kier molecular flexibility index (Phi) is 6.33. The van der Waals surface area contributed by atoms with Gasteiger partial charge >= 0.3 is 0 Å². The highest BCUT2D eigenvalue weighted by Crippen LogP contribution is 2.22. The van der Waals surface area contributed by atoms with Crippen LogP contribution in [-0.2, 0) is 17.6 Å². The van der Waals surface area contributed by atoms with Gasteiger partial charge in [-0.25, -0.2) is 4.39 Å². The van der Waals surface area contributed by atoms with Gasteiger partial charge in [0.1, 0.15) is 17.1 Å². The van der Waals surface area contributed by atoms with Crippen molar-refractivity contribution in [2.45, 2.75) is 39.5 Å². The lowest BCUT2D eigenvalue weighted by Gasteiger charge is -2.18. The third kappa shape index (κ3) is 5.22. The molecule has 1 aromatic heterocycles. The third-order valence-corrected chi connectivity index (χ3v) is 4.93. The van der Waals surface area contributed by atoms with E-state index in [1.54, 1.807) is 12.3 Å². The number of aryl methyl sites for hydroxylation is 1. The first kappa shape index (κ1) is 19.2. The largest absolute Gasteiger partial charge is 0.299 e. The maximum absolute atomic E-state index is 13.8. The Morgan fingerprint density at radius 1 is 1.04 bits per heavy atom. The molecule has 1 heterocycles. The van der Waals surface area contributed by atoms with E-state index >= 15 is 0 Å². The Morgan fingerprint density at radius 2 is 1.81 bits per heavy atom. The zero-order valence-corrected chi connectivity index (χ0v) is 16.0. The average molecular weight is 363 g/mol. The number of fused-ring (bicyclic) bond motifs is 1. The summed E-state index contributed by atoms with van der Waals surface area (Å²) < 4.78 is 13.8. The first-order chi connectivity index (χ1) is 13.0. The van der Waals surface area contributed by atoms with Gasteiger partial charge in [0.2, 0.25) is 0 Å². The highest BCUT2D eigenvalue weighted by atomic mass is 19.1. The summed E-state index contributed by atoms with van der Waals surface area (Å²) in [5.74, 6) is 0.426.